The molecule has 0 bridgehead atoms. The van der Waals surface area contributed by atoms with Crippen molar-refractivity contribution in [1.82, 2.24) is 4.98 Å². The molecule has 0 radical (unpaired) electrons. The van der Waals surface area contributed by atoms with Gasteiger partial charge in [-0.25, -0.2) is 4.98 Å². The van der Waals surface area contributed by atoms with Crippen LogP contribution in [-0.2, 0) is 0 Å². The Kier molecular flexibility index (Phi) is 4.40. The molecule has 1 aromatic rings. The van der Waals surface area contributed by atoms with E-state index in [0.717, 1.165) is 15.3 Å². The molecule has 1 nitrogen and oxygen atoms in total. The molecule has 1 aromatic heterocycles. The van der Waals surface area contributed by atoms with Crippen LogP contribution in [0.15, 0.2) is 21.8 Å². The molecule has 0 unspecified atom stereocenters. The lowest BCUT2D eigenvalue weighted by molar-refractivity contribution is 1.10. The summed E-state index contributed by atoms with van der Waals surface area (Å²) in [5.41, 5.74) is 1.21. The summed E-state index contributed by atoms with van der Waals surface area (Å²) in [5, 5.41) is 1.04. The van der Waals surface area contributed by atoms with E-state index < -0.39 is 0 Å². The zero-order valence-electron chi connectivity index (χ0n) is 6.68. The Bertz CT molecular complexity index is 267. The predicted octanol–water partition coefficient (Wildman–Crippen LogP) is 3.48. The number of aryl methyl sites for hydroxylation is 1. The van der Waals surface area contributed by atoms with Gasteiger partial charge < -0.3 is 0 Å². The Morgan fingerprint density at radius 3 is 3.00 bits per heavy atom. The first-order valence-corrected chi connectivity index (χ1v) is 5.86. The maximum absolute atomic E-state index is 5.56. The highest BCUT2D eigenvalue weighted by atomic mass is 79.9. The summed E-state index contributed by atoms with van der Waals surface area (Å²) in [5.74, 6) is 1.58. The van der Waals surface area contributed by atoms with Crippen LogP contribution >= 0.6 is 39.3 Å². The van der Waals surface area contributed by atoms with E-state index in [9.17, 15) is 0 Å². The molecule has 0 spiro atoms. The first-order valence-electron chi connectivity index (χ1n) is 3.55. The minimum absolute atomic E-state index is 0.668. The van der Waals surface area contributed by atoms with Crippen molar-refractivity contribution in [2.45, 2.75) is 11.9 Å². The number of alkyl halides is 1. The van der Waals surface area contributed by atoms with E-state index in [-0.39, 0.29) is 0 Å². The van der Waals surface area contributed by atoms with Crippen molar-refractivity contribution in [2.75, 3.05) is 11.6 Å². The van der Waals surface area contributed by atoms with E-state index in [1.165, 1.54) is 5.56 Å². The van der Waals surface area contributed by atoms with Gasteiger partial charge in [-0.1, -0.05) is 0 Å². The van der Waals surface area contributed by atoms with Gasteiger partial charge in [0.25, 0.3) is 0 Å². The lowest BCUT2D eigenvalue weighted by Gasteiger charge is -2.00. The van der Waals surface area contributed by atoms with Crippen LogP contribution in [0.2, 0.25) is 0 Å². The molecular formula is C8H9BrClNS. The van der Waals surface area contributed by atoms with Crippen LogP contribution in [0.5, 0.6) is 0 Å². The third kappa shape index (κ3) is 2.96. The molecule has 12 heavy (non-hydrogen) atoms. The predicted molar refractivity (Wildman–Crippen MR) is 58.1 cm³/mol. The standard InChI is InChI=1S/C8H9BrClNS/c1-6-4-8(12-3-2-10)11-5-7(6)9/h4-5H,2-3H2,1H3. The SMILES string of the molecule is Cc1cc(SCCCl)ncc1Br. The van der Waals surface area contributed by atoms with Crippen molar-refractivity contribution in [3.05, 3.63) is 22.3 Å². The fourth-order valence-corrected chi connectivity index (χ4v) is 1.86. The molecule has 0 aliphatic rings. The molecular weight excluding hydrogens is 258 g/mol. The molecule has 4 heteroatoms. The zero-order chi connectivity index (χ0) is 8.97. The molecule has 0 aliphatic heterocycles. The number of aromatic nitrogens is 1. The van der Waals surface area contributed by atoms with Gasteiger partial charge in [-0.15, -0.1) is 23.4 Å². The summed E-state index contributed by atoms with van der Waals surface area (Å²) >= 11 is 10.6. The largest absolute Gasteiger partial charge is 0.249 e. The lowest BCUT2D eigenvalue weighted by Crippen LogP contribution is -1.85. The van der Waals surface area contributed by atoms with E-state index in [1.54, 1.807) is 11.8 Å². The summed E-state index contributed by atoms with van der Waals surface area (Å²) in [6.45, 7) is 2.05. The number of halogens is 2. The zero-order valence-corrected chi connectivity index (χ0v) is 9.84. The number of hydrogen-bond acceptors (Lipinski definition) is 2. The highest BCUT2D eigenvalue weighted by Gasteiger charge is 1.98. The van der Waals surface area contributed by atoms with Gasteiger partial charge in [-0.05, 0) is 34.5 Å². The third-order valence-electron chi connectivity index (χ3n) is 1.35. The Balaban J connectivity index is 2.69. The number of thioether (sulfide) groups is 1. The third-order valence-corrected chi connectivity index (χ3v) is 3.52. The van der Waals surface area contributed by atoms with Crippen molar-refractivity contribution in [3.8, 4) is 0 Å². The van der Waals surface area contributed by atoms with Gasteiger partial charge in [0.05, 0.1) is 5.03 Å². The van der Waals surface area contributed by atoms with Gasteiger partial charge in [0, 0.05) is 22.3 Å². The van der Waals surface area contributed by atoms with Crippen molar-refractivity contribution in [2.24, 2.45) is 0 Å². The molecule has 0 atom stereocenters. The maximum Gasteiger partial charge on any atom is 0.0963 e. The minimum Gasteiger partial charge on any atom is -0.249 e. The van der Waals surface area contributed by atoms with Crippen LogP contribution in [0.25, 0.3) is 0 Å². The van der Waals surface area contributed by atoms with Crippen LogP contribution in [0, 0.1) is 6.92 Å². The van der Waals surface area contributed by atoms with E-state index >= 15 is 0 Å². The van der Waals surface area contributed by atoms with Crippen LogP contribution < -0.4 is 0 Å². The van der Waals surface area contributed by atoms with Gasteiger partial charge in [0.1, 0.15) is 0 Å². The molecule has 66 valence electrons. The summed E-state index contributed by atoms with van der Waals surface area (Å²) < 4.78 is 1.05. The monoisotopic (exact) mass is 265 g/mol. The first-order chi connectivity index (χ1) is 5.74. The van der Waals surface area contributed by atoms with Crippen LogP contribution in [0.1, 0.15) is 5.56 Å². The van der Waals surface area contributed by atoms with Gasteiger partial charge in [-0.3, -0.25) is 0 Å². The van der Waals surface area contributed by atoms with Crippen LogP contribution in [0.4, 0.5) is 0 Å². The molecule has 1 heterocycles. The molecule has 0 aromatic carbocycles. The van der Waals surface area contributed by atoms with Crippen molar-refractivity contribution >= 4 is 39.3 Å². The summed E-state index contributed by atoms with van der Waals surface area (Å²) in [4.78, 5) is 4.23. The molecule has 0 fully saturated rings. The van der Waals surface area contributed by atoms with E-state index in [1.807, 2.05) is 6.20 Å². The number of hydrogen-bond donors (Lipinski definition) is 0. The minimum atomic E-state index is 0.668. The Labute approximate surface area is 90.0 Å². The molecule has 0 amide bonds. The fourth-order valence-electron chi connectivity index (χ4n) is 0.736. The van der Waals surface area contributed by atoms with Crippen LogP contribution in [-0.4, -0.2) is 16.6 Å². The molecule has 0 saturated heterocycles. The fraction of sp³-hybridized carbons (Fsp3) is 0.375. The smallest absolute Gasteiger partial charge is 0.0963 e. The lowest BCUT2D eigenvalue weighted by atomic mass is 10.3. The highest BCUT2D eigenvalue weighted by molar-refractivity contribution is 9.10. The number of nitrogens with zero attached hydrogens (tertiary/aromatic N) is 1. The van der Waals surface area contributed by atoms with Crippen LogP contribution in [0.3, 0.4) is 0 Å². The summed E-state index contributed by atoms with van der Waals surface area (Å²) in [6, 6.07) is 2.06. The van der Waals surface area contributed by atoms with E-state index in [2.05, 4.69) is 33.9 Å². The van der Waals surface area contributed by atoms with E-state index in [4.69, 9.17) is 11.6 Å². The average molecular weight is 267 g/mol. The van der Waals surface area contributed by atoms with Crippen molar-refractivity contribution < 1.29 is 0 Å². The Morgan fingerprint density at radius 2 is 2.42 bits per heavy atom. The van der Waals surface area contributed by atoms with Gasteiger partial charge in [0.2, 0.25) is 0 Å². The summed E-state index contributed by atoms with van der Waals surface area (Å²) in [6.07, 6.45) is 1.83. The topological polar surface area (TPSA) is 12.9 Å². The molecule has 0 saturated carbocycles. The normalized spacial score (nSPS) is 10.2. The van der Waals surface area contributed by atoms with Gasteiger partial charge in [0.15, 0.2) is 0 Å². The van der Waals surface area contributed by atoms with E-state index in [0.29, 0.717) is 5.88 Å². The summed E-state index contributed by atoms with van der Waals surface area (Å²) in [7, 11) is 0. The second-order valence-electron chi connectivity index (χ2n) is 2.31. The Hall–Kier alpha value is 0.270. The first kappa shape index (κ1) is 10.4. The molecule has 0 N–H and O–H groups in total. The molecule has 1 rings (SSSR count). The molecule has 0 aliphatic carbocycles. The van der Waals surface area contributed by atoms with Gasteiger partial charge >= 0.3 is 0 Å². The second-order valence-corrected chi connectivity index (χ2v) is 4.66. The Morgan fingerprint density at radius 1 is 1.67 bits per heavy atom. The van der Waals surface area contributed by atoms with Crippen molar-refractivity contribution in [3.63, 3.8) is 0 Å². The number of pyridine rings is 1. The highest BCUT2D eigenvalue weighted by Crippen LogP contribution is 2.21. The van der Waals surface area contributed by atoms with Crippen molar-refractivity contribution in [1.29, 1.82) is 0 Å². The quantitative estimate of drug-likeness (QED) is 0.614. The van der Waals surface area contributed by atoms with Gasteiger partial charge in [-0.2, -0.15) is 0 Å². The maximum atomic E-state index is 5.56. The second kappa shape index (κ2) is 5.10. The average Bonchev–Trinajstić information content (AvgIpc) is 2.07. The number of rotatable bonds is 3.